The minimum absolute atomic E-state index is 0.0730. The number of benzene rings is 1. The summed E-state index contributed by atoms with van der Waals surface area (Å²) in [5, 5.41) is 0. The molecule has 1 aromatic rings. The molecule has 1 saturated heterocycles. The van der Waals surface area contributed by atoms with Crippen molar-refractivity contribution < 1.29 is 9.18 Å². The number of piperazine rings is 1. The number of hydrogen-bond acceptors (Lipinski definition) is 2. The molecule has 3 nitrogen and oxygen atoms in total. The third kappa shape index (κ3) is 3.89. The molecule has 1 aliphatic rings. The first-order valence-corrected chi connectivity index (χ1v) is 6.54. The molecule has 1 aliphatic heterocycles. The Bertz CT molecular complexity index is 453. The Morgan fingerprint density at radius 3 is 2.68 bits per heavy atom. The first-order chi connectivity index (χ1) is 9.19. The van der Waals surface area contributed by atoms with Crippen molar-refractivity contribution in [2.24, 2.45) is 0 Å². The molecule has 0 N–H and O–H groups in total. The fourth-order valence-electron chi connectivity index (χ4n) is 2.30. The van der Waals surface area contributed by atoms with Gasteiger partial charge in [-0.1, -0.05) is 18.2 Å². The summed E-state index contributed by atoms with van der Waals surface area (Å²) in [5.74, 6) is -0.218. The topological polar surface area (TPSA) is 23.6 Å². The maximum absolute atomic E-state index is 13.1. The third-order valence-corrected chi connectivity index (χ3v) is 3.36. The molecular weight excluding hydrogens is 243 g/mol. The highest BCUT2D eigenvalue weighted by atomic mass is 19.1. The normalized spacial score (nSPS) is 16.4. The zero-order valence-corrected chi connectivity index (χ0v) is 11.0. The highest BCUT2D eigenvalue weighted by Crippen LogP contribution is 2.08. The maximum atomic E-state index is 13.1. The molecule has 0 aliphatic carbocycles. The average molecular weight is 262 g/mol. The molecule has 0 unspecified atom stereocenters. The molecule has 0 aromatic heterocycles. The van der Waals surface area contributed by atoms with Crippen LogP contribution >= 0.6 is 0 Å². The molecule has 0 bridgehead atoms. The molecule has 4 heteroatoms. The molecule has 2 rings (SSSR count). The number of rotatable bonds is 4. The lowest BCUT2D eigenvalue weighted by Crippen LogP contribution is -2.49. The lowest BCUT2D eigenvalue weighted by Gasteiger charge is -2.34. The van der Waals surface area contributed by atoms with E-state index in [9.17, 15) is 9.18 Å². The molecule has 1 amide bonds. The van der Waals surface area contributed by atoms with E-state index in [4.69, 9.17) is 0 Å². The van der Waals surface area contributed by atoms with Crippen LogP contribution in [0.4, 0.5) is 4.39 Å². The molecule has 0 radical (unpaired) electrons. The second-order valence-corrected chi connectivity index (χ2v) is 4.78. The van der Waals surface area contributed by atoms with Gasteiger partial charge in [0.15, 0.2) is 0 Å². The summed E-state index contributed by atoms with van der Waals surface area (Å²) >= 11 is 0. The Labute approximate surface area is 113 Å². The van der Waals surface area contributed by atoms with Crippen LogP contribution in [0, 0.1) is 5.82 Å². The number of nitrogens with zero attached hydrogens (tertiary/aromatic N) is 2. The lowest BCUT2D eigenvalue weighted by atomic mass is 10.1. The van der Waals surface area contributed by atoms with Crippen LogP contribution in [0.5, 0.6) is 0 Å². The highest BCUT2D eigenvalue weighted by molar-refractivity contribution is 5.78. The largest absolute Gasteiger partial charge is 0.340 e. The van der Waals surface area contributed by atoms with Crippen molar-refractivity contribution >= 4 is 5.91 Å². The summed E-state index contributed by atoms with van der Waals surface area (Å²) < 4.78 is 13.1. The Balaban J connectivity index is 1.86. The minimum atomic E-state index is -0.291. The van der Waals surface area contributed by atoms with Crippen LogP contribution < -0.4 is 0 Å². The fraction of sp³-hybridized carbons (Fsp3) is 0.400. The summed E-state index contributed by atoms with van der Waals surface area (Å²) in [6.45, 7) is 7.81. The van der Waals surface area contributed by atoms with Crippen LogP contribution in [-0.2, 0) is 11.2 Å². The van der Waals surface area contributed by atoms with E-state index in [1.807, 2.05) is 11.0 Å². The van der Waals surface area contributed by atoms with Gasteiger partial charge < -0.3 is 4.90 Å². The standard InChI is InChI=1S/C15H19FN2O/c1-2-6-17-7-9-18(10-8-17)15(19)12-13-4-3-5-14(16)11-13/h2-5,11H,1,6-10,12H2. The van der Waals surface area contributed by atoms with Gasteiger partial charge in [-0.05, 0) is 17.7 Å². The Kier molecular flexibility index (Phi) is 4.68. The number of hydrogen-bond donors (Lipinski definition) is 0. The van der Waals surface area contributed by atoms with Gasteiger partial charge in [0.1, 0.15) is 5.82 Å². The van der Waals surface area contributed by atoms with Gasteiger partial charge >= 0.3 is 0 Å². The van der Waals surface area contributed by atoms with E-state index in [2.05, 4.69) is 11.5 Å². The quantitative estimate of drug-likeness (QED) is 0.771. The van der Waals surface area contributed by atoms with Gasteiger partial charge in [0.25, 0.3) is 0 Å². The molecular formula is C15H19FN2O. The minimum Gasteiger partial charge on any atom is -0.340 e. The monoisotopic (exact) mass is 262 g/mol. The van der Waals surface area contributed by atoms with E-state index in [0.29, 0.717) is 0 Å². The highest BCUT2D eigenvalue weighted by Gasteiger charge is 2.20. The fourth-order valence-corrected chi connectivity index (χ4v) is 2.30. The summed E-state index contributed by atoms with van der Waals surface area (Å²) in [5.41, 5.74) is 0.735. The first kappa shape index (κ1) is 13.7. The van der Waals surface area contributed by atoms with Crippen molar-refractivity contribution in [3.63, 3.8) is 0 Å². The molecule has 1 fully saturated rings. The third-order valence-electron chi connectivity index (χ3n) is 3.36. The second kappa shape index (κ2) is 6.48. The van der Waals surface area contributed by atoms with Gasteiger partial charge in [-0.2, -0.15) is 0 Å². The molecule has 0 spiro atoms. The second-order valence-electron chi connectivity index (χ2n) is 4.78. The van der Waals surface area contributed by atoms with Crippen LogP contribution in [0.3, 0.4) is 0 Å². The molecule has 1 aromatic carbocycles. The first-order valence-electron chi connectivity index (χ1n) is 6.54. The van der Waals surface area contributed by atoms with Gasteiger partial charge in [-0.3, -0.25) is 9.69 Å². The summed E-state index contributed by atoms with van der Waals surface area (Å²) in [6, 6.07) is 6.24. The van der Waals surface area contributed by atoms with Crippen molar-refractivity contribution in [3.05, 3.63) is 48.3 Å². The van der Waals surface area contributed by atoms with Crippen LogP contribution in [0.2, 0.25) is 0 Å². The maximum Gasteiger partial charge on any atom is 0.227 e. The van der Waals surface area contributed by atoms with Crippen LogP contribution in [0.15, 0.2) is 36.9 Å². The SMILES string of the molecule is C=CCN1CCN(C(=O)Cc2cccc(F)c2)CC1. The van der Waals surface area contributed by atoms with E-state index in [1.54, 1.807) is 12.1 Å². The number of carbonyl (C=O) groups excluding carboxylic acids is 1. The van der Waals surface area contributed by atoms with Gasteiger partial charge in [0.2, 0.25) is 5.91 Å². The lowest BCUT2D eigenvalue weighted by molar-refractivity contribution is -0.132. The number of amides is 1. The van der Waals surface area contributed by atoms with Crippen molar-refractivity contribution in [1.82, 2.24) is 9.80 Å². The van der Waals surface area contributed by atoms with E-state index in [-0.39, 0.29) is 18.1 Å². The smallest absolute Gasteiger partial charge is 0.227 e. The van der Waals surface area contributed by atoms with Crippen LogP contribution in [-0.4, -0.2) is 48.4 Å². The summed E-state index contributed by atoms with van der Waals surface area (Å²) in [7, 11) is 0. The summed E-state index contributed by atoms with van der Waals surface area (Å²) in [6.07, 6.45) is 2.16. The zero-order valence-electron chi connectivity index (χ0n) is 11.0. The van der Waals surface area contributed by atoms with Gasteiger partial charge in [0, 0.05) is 32.7 Å². The Morgan fingerprint density at radius 1 is 1.32 bits per heavy atom. The predicted octanol–water partition coefficient (Wildman–Crippen LogP) is 1.70. The Hall–Kier alpha value is -1.68. The zero-order chi connectivity index (χ0) is 13.7. The number of carbonyl (C=O) groups is 1. The number of halogens is 1. The van der Waals surface area contributed by atoms with Gasteiger partial charge in [0.05, 0.1) is 6.42 Å². The van der Waals surface area contributed by atoms with E-state index < -0.39 is 0 Å². The molecule has 1 heterocycles. The molecule has 0 atom stereocenters. The predicted molar refractivity (Wildman–Crippen MR) is 73.3 cm³/mol. The van der Waals surface area contributed by atoms with Crippen LogP contribution in [0.1, 0.15) is 5.56 Å². The van der Waals surface area contributed by atoms with Crippen molar-refractivity contribution in [2.75, 3.05) is 32.7 Å². The van der Waals surface area contributed by atoms with Crippen molar-refractivity contribution in [3.8, 4) is 0 Å². The van der Waals surface area contributed by atoms with Crippen molar-refractivity contribution in [1.29, 1.82) is 0 Å². The van der Waals surface area contributed by atoms with E-state index in [1.165, 1.54) is 12.1 Å². The molecule has 0 saturated carbocycles. The van der Waals surface area contributed by atoms with Crippen LogP contribution in [0.25, 0.3) is 0 Å². The molecule has 19 heavy (non-hydrogen) atoms. The van der Waals surface area contributed by atoms with Gasteiger partial charge in [-0.25, -0.2) is 4.39 Å². The van der Waals surface area contributed by atoms with E-state index in [0.717, 1.165) is 38.3 Å². The summed E-state index contributed by atoms with van der Waals surface area (Å²) in [4.78, 5) is 16.2. The molecule has 102 valence electrons. The average Bonchev–Trinajstić information content (AvgIpc) is 2.40. The van der Waals surface area contributed by atoms with E-state index >= 15 is 0 Å². The van der Waals surface area contributed by atoms with Gasteiger partial charge in [-0.15, -0.1) is 6.58 Å². The Morgan fingerprint density at radius 2 is 2.05 bits per heavy atom. The van der Waals surface area contributed by atoms with Crippen molar-refractivity contribution in [2.45, 2.75) is 6.42 Å².